The van der Waals surface area contributed by atoms with E-state index in [0.29, 0.717) is 22.9 Å². The fraction of sp³-hybridized carbons (Fsp3) is 0.360. The first-order chi connectivity index (χ1) is 16.2. The van der Waals surface area contributed by atoms with Crippen molar-refractivity contribution in [2.75, 3.05) is 18.4 Å². The van der Waals surface area contributed by atoms with Gasteiger partial charge in [-0.05, 0) is 74.5 Å². The molecule has 1 saturated carbocycles. The highest BCUT2D eigenvalue weighted by atomic mass is 16.5. The number of piperidine rings is 1. The first-order valence-electron chi connectivity index (χ1n) is 11.5. The van der Waals surface area contributed by atoms with E-state index in [4.69, 9.17) is 4.52 Å². The minimum absolute atomic E-state index is 0.217. The zero-order valence-corrected chi connectivity index (χ0v) is 18.3. The number of rotatable bonds is 7. The lowest BCUT2D eigenvalue weighted by atomic mass is 9.85. The summed E-state index contributed by atoms with van der Waals surface area (Å²) in [5.41, 5.74) is 2.37. The highest BCUT2D eigenvalue weighted by Crippen LogP contribution is 2.40. The molecule has 1 aliphatic carbocycles. The second kappa shape index (κ2) is 9.54. The van der Waals surface area contributed by atoms with Crippen molar-refractivity contribution in [3.63, 3.8) is 0 Å². The number of hydrogen-bond acceptors (Lipinski definition) is 6. The van der Waals surface area contributed by atoms with E-state index in [1.807, 2.05) is 18.2 Å². The molecule has 2 fully saturated rings. The molecule has 0 unspecified atom stereocenters. The summed E-state index contributed by atoms with van der Waals surface area (Å²) in [5, 5.41) is 13.4. The Bertz CT molecular complexity index is 1120. The molecule has 1 atom stereocenters. The van der Waals surface area contributed by atoms with Gasteiger partial charge in [0.15, 0.2) is 5.69 Å². The first-order valence-corrected chi connectivity index (χ1v) is 11.5. The summed E-state index contributed by atoms with van der Waals surface area (Å²) in [6.45, 7) is 1.79. The molecule has 33 heavy (non-hydrogen) atoms. The topological polar surface area (TPSA) is 109 Å². The van der Waals surface area contributed by atoms with Crippen molar-refractivity contribution in [1.82, 2.24) is 20.8 Å². The minimum atomic E-state index is -0.251. The maximum absolute atomic E-state index is 13.1. The fourth-order valence-electron chi connectivity index (χ4n) is 4.34. The number of hydrogen-bond donors (Lipinski definition) is 3. The number of nitrogens with one attached hydrogen (secondary N) is 3. The maximum atomic E-state index is 13.1. The molecule has 170 valence electrons. The van der Waals surface area contributed by atoms with Crippen LogP contribution in [0.3, 0.4) is 0 Å². The van der Waals surface area contributed by atoms with E-state index in [1.165, 1.54) is 0 Å². The highest BCUT2D eigenvalue weighted by molar-refractivity contribution is 6.04. The van der Waals surface area contributed by atoms with Crippen LogP contribution in [-0.2, 0) is 0 Å². The van der Waals surface area contributed by atoms with Gasteiger partial charge in [-0.15, -0.1) is 0 Å². The summed E-state index contributed by atoms with van der Waals surface area (Å²) in [7, 11) is 0. The van der Waals surface area contributed by atoms with Crippen LogP contribution in [0.2, 0.25) is 0 Å². The monoisotopic (exact) mass is 445 g/mol. The zero-order valence-electron chi connectivity index (χ0n) is 18.3. The van der Waals surface area contributed by atoms with Gasteiger partial charge in [0.05, 0.1) is 17.9 Å². The van der Waals surface area contributed by atoms with E-state index in [0.717, 1.165) is 50.1 Å². The first kappa shape index (κ1) is 21.3. The van der Waals surface area contributed by atoms with E-state index >= 15 is 0 Å². The third-order valence-corrected chi connectivity index (χ3v) is 6.31. The van der Waals surface area contributed by atoms with Crippen molar-refractivity contribution in [1.29, 1.82) is 0 Å². The number of pyridine rings is 1. The summed E-state index contributed by atoms with van der Waals surface area (Å²) in [5.74, 6) is 0.966. The number of anilines is 1. The summed E-state index contributed by atoms with van der Waals surface area (Å²) in [6, 6.07) is 12.5. The largest absolute Gasteiger partial charge is 0.360 e. The van der Waals surface area contributed by atoms with E-state index in [2.05, 4.69) is 26.1 Å². The van der Waals surface area contributed by atoms with Crippen molar-refractivity contribution in [2.45, 2.75) is 37.6 Å². The van der Waals surface area contributed by atoms with Crippen LogP contribution < -0.4 is 16.0 Å². The Hall–Kier alpha value is -3.52. The Morgan fingerprint density at radius 1 is 1.03 bits per heavy atom. The average molecular weight is 446 g/mol. The molecule has 0 spiro atoms. The Labute approximate surface area is 192 Å². The van der Waals surface area contributed by atoms with Crippen LogP contribution in [0.15, 0.2) is 59.4 Å². The number of carbonyl (C=O) groups is 2. The van der Waals surface area contributed by atoms with E-state index in [-0.39, 0.29) is 23.8 Å². The molecule has 1 aliphatic heterocycles. The van der Waals surface area contributed by atoms with Crippen LogP contribution in [0.1, 0.15) is 69.8 Å². The van der Waals surface area contributed by atoms with Crippen LogP contribution in [-0.4, -0.2) is 35.0 Å². The SMILES string of the molecule is O=C(Nc1cccnc1)c1cccc([C@H](NC(=O)c2cc(C3CC3)on2)C2CCNCC2)c1. The van der Waals surface area contributed by atoms with E-state index < -0.39 is 0 Å². The average Bonchev–Trinajstić information content (AvgIpc) is 3.59. The molecule has 2 amide bonds. The predicted molar refractivity (Wildman–Crippen MR) is 123 cm³/mol. The lowest BCUT2D eigenvalue weighted by Gasteiger charge is -2.31. The smallest absolute Gasteiger partial charge is 0.273 e. The Morgan fingerprint density at radius 2 is 1.88 bits per heavy atom. The van der Waals surface area contributed by atoms with Gasteiger partial charge in [0.1, 0.15) is 5.76 Å². The molecule has 8 nitrogen and oxygen atoms in total. The van der Waals surface area contributed by atoms with Gasteiger partial charge in [0.25, 0.3) is 11.8 Å². The number of nitrogens with zero attached hydrogens (tertiary/aromatic N) is 2. The summed E-state index contributed by atoms with van der Waals surface area (Å²) < 4.78 is 5.37. The lowest BCUT2D eigenvalue weighted by Crippen LogP contribution is -2.39. The summed E-state index contributed by atoms with van der Waals surface area (Å²) in [4.78, 5) is 29.9. The number of benzene rings is 1. The van der Waals surface area contributed by atoms with Gasteiger partial charge in [-0.25, -0.2) is 0 Å². The van der Waals surface area contributed by atoms with Crippen LogP contribution >= 0.6 is 0 Å². The normalized spacial score (nSPS) is 17.3. The van der Waals surface area contributed by atoms with Crippen molar-refractivity contribution in [3.05, 3.63) is 77.4 Å². The maximum Gasteiger partial charge on any atom is 0.273 e. The highest BCUT2D eigenvalue weighted by Gasteiger charge is 2.31. The molecule has 1 aromatic carbocycles. The summed E-state index contributed by atoms with van der Waals surface area (Å²) >= 11 is 0. The number of amides is 2. The Balaban J connectivity index is 1.37. The molecular weight excluding hydrogens is 418 g/mol. The minimum Gasteiger partial charge on any atom is -0.360 e. The third-order valence-electron chi connectivity index (χ3n) is 6.31. The molecule has 5 rings (SSSR count). The van der Waals surface area contributed by atoms with Crippen LogP contribution in [0.5, 0.6) is 0 Å². The molecular formula is C25H27N5O3. The molecule has 3 N–H and O–H groups in total. The van der Waals surface area contributed by atoms with Gasteiger partial charge >= 0.3 is 0 Å². The van der Waals surface area contributed by atoms with Gasteiger partial charge < -0.3 is 20.5 Å². The molecule has 8 heteroatoms. The van der Waals surface area contributed by atoms with E-state index in [9.17, 15) is 9.59 Å². The summed E-state index contributed by atoms with van der Waals surface area (Å²) in [6.07, 6.45) is 7.30. The van der Waals surface area contributed by atoms with Crippen molar-refractivity contribution in [2.24, 2.45) is 5.92 Å². The number of aromatic nitrogens is 2. The standard InChI is InChI=1S/C25H27N5O3/c31-24(28-20-5-2-10-27-15-20)19-4-1-3-18(13-19)23(17-8-11-26-12-9-17)29-25(32)21-14-22(33-30-21)16-6-7-16/h1-5,10,13-17,23,26H,6-9,11-12H2,(H,28,31)(H,29,32)/t23-/m1/s1. The molecule has 2 aromatic heterocycles. The van der Waals surface area contributed by atoms with Gasteiger partial charge in [-0.2, -0.15) is 0 Å². The zero-order chi connectivity index (χ0) is 22.6. The van der Waals surface area contributed by atoms with Crippen molar-refractivity contribution < 1.29 is 14.1 Å². The number of carbonyl (C=O) groups excluding carboxylic acids is 2. The third kappa shape index (κ3) is 5.12. The quantitative estimate of drug-likeness (QED) is 0.512. The van der Waals surface area contributed by atoms with Crippen molar-refractivity contribution >= 4 is 17.5 Å². The van der Waals surface area contributed by atoms with Gasteiger partial charge in [0, 0.05) is 23.7 Å². The van der Waals surface area contributed by atoms with E-state index in [1.54, 1.807) is 36.7 Å². The van der Waals surface area contributed by atoms with Gasteiger partial charge in [-0.1, -0.05) is 17.3 Å². The Morgan fingerprint density at radius 3 is 2.64 bits per heavy atom. The van der Waals surface area contributed by atoms with Crippen LogP contribution in [0.4, 0.5) is 5.69 Å². The molecule has 0 radical (unpaired) electrons. The van der Waals surface area contributed by atoms with Crippen molar-refractivity contribution in [3.8, 4) is 0 Å². The van der Waals surface area contributed by atoms with Crippen LogP contribution in [0, 0.1) is 5.92 Å². The molecule has 1 saturated heterocycles. The van der Waals surface area contributed by atoms with Gasteiger partial charge in [-0.3, -0.25) is 14.6 Å². The predicted octanol–water partition coefficient (Wildman–Crippen LogP) is 3.67. The molecule has 0 bridgehead atoms. The molecule has 3 heterocycles. The van der Waals surface area contributed by atoms with Gasteiger partial charge in [0.2, 0.25) is 0 Å². The Kier molecular flexibility index (Phi) is 6.17. The van der Waals surface area contributed by atoms with Crippen LogP contribution in [0.25, 0.3) is 0 Å². The lowest BCUT2D eigenvalue weighted by molar-refractivity contribution is 0.0904. The second-order valence-corrected chi connectivity index (χ2v) is 8.75. The molecule has 3 aromatic rings. The second-order valence-electron chi connectivity index (χ2n) is 8.75. The molecule has 2 aliphatic rings. The fourth-order valence-corrected chi connectivity index (χ4v) is 4.34.